The number of aromatic nitrogens is 4. The highest BCUT2D eigenvalue weighted by Crippen LogP contribution is 2.19. The van der Waals surface area contributed by atoms with Gasteiger partial charge in [-0.3, -0.25) is 13.9 Å². The van der Waals surface area contributed by atoms with Gasteiger partial charge in [0.1, 0.15) is 0 Å². The van der Waals surface area contributed by atoms with Gasteiger partial charge >= 0.3 is 5.69 Å². The topological polar surface area (TPSA) is 85.3 Å². The smallest absolute Gasteiger partial charge is 0.332 e. The summed E-state index contributed by atoms with van der Waals surface area (Å²) in [6.07, 6.45) is 3.48. The fourth-order valence-corrected chi connectivity index (χ4v) is 3.50. The van der Waals surface area contributed by atoms with Crippen LogP contribution in [0, 0.1) is 5.92 Å². The summed E-state index contributed by atoms with van der Waals surface area (Å²) in [4.78, 5) is 30.9. The van der Waals surface area contributed by atoms with Crippen LogP contribution in [-0.2, 0) is 20.6 Å². The molecular formula is C16H25N5O3. The van der Waals surface area contributed by atoms with E-state index in [1.165, 1.54) is 11.6 Å². The van der Waals surface area contributed by atoms with Crippen molar-refractivity contribution in [3.63, 3.8) is 0 Å². The van der Waals surface area contributed by atoms with Gasteiger partial charge in [-0.1, -0.05) is 0 Å². The standard InChI is InChI=1S/C16H25N5O3/c1-11(22)12-5-4-6-20(9-12)7-8-21-10-17-14-13(21)15(23)19(3)16(24)18(14)2/h10-12,22H,4-9H2,1-3H3. The minimum atomic E-state index is -0.367. The first kappa shape index (κ1) is 16.9. The lowest BCUT2D eigenvalue weighted by Gasteiger charge is -2.34. The summed E-state index contributed by atoms with van der Waals surface area (Å²) in [5, 5.41) is 9.79. The molecule has 0 saturated carbocycles. The van der Waals surface area contributed by atoms with Crippen molar-refractivity contribution in [2.45, 2.75) is 32.4 Å². The molecule has 1 N–H and O–H groups in total. The third kappa shape index (κ3) is 2.91. The van der Waals surface area contributed by atoms with Crippen LogP contribution in [-0.4, -0.2) is 54.4 Å². The van der Waals surface area contributed by atoms with Crippen LogP contribution >= 0.6 is 0 Å². The van der Waals surface area contributed by atoms with E-state index in [1.807, 2.05) is 11.5 Å². The lowest BCUT2D eigenvalue weighted by molar-refractivity contribution is 0.0617. The third-order valence-electron chi connectivity index (χ3n) is 5.10. The molecule has 1 aliphatic rings. The van der Waals surface area contributed by atoms with Crippen LogP contribution in [0.25, 0.3) is 11.2 Å². The first-order valence-corrected chi connectivity index (χ1v) is 8.41. The van der Waals surface area contributed by atoms with E-state index >= 15 is 0 Å². The second-order valence-corrected chi connectivity index (χ2v) is 6.76. The van der Waals surface area contributed by atoms with Crippen molar-refractivity contribution in [1.82, 2.24) is 23.6 Å². The highest BCUT2D eigenvalue weighted by Gasteiger charge is 2.23. The van der Waals surface area contributed by atoms with Gasteiger partial charge in [-0.25, -0.2) is 9.78 Å². The molecule has 0 aromatic carbocycles. The van der Waals surface area contributed by atoms with Gasteiger partial charge in [0.15, 0.2) is 11.2 Å². The SMILES string of the molecule is CC(O)C1CCCN(CCn2cnc3c2c(=O)n(C)c(=O)n3C)C1. The number of nitrogens with zero attached hydrogens (tertiary/aromatic N) is 5. The molecule has 0 aliphatic carbocycles. The number of imidazole rings is 1. The second-order valence-electron chi connectivity index (χ2n) is 6.76. The number of fused-ring (bicyclic) bond motifs is 1. The minimum Gasteiger partial charge on any atom is -0.393 e. The van der Waals surface area contributed by atoms with Crippen LogP contribution in [0.15, 0.2) is 15.9 Å². The van der Waals surface area contributed by atoms with Crippen molar-refractivity contribution >= 4 is 11.2 Å². The number of rotatable bonds is 4. The van der Waals surface area contributed by atoms with Gasteiger partial charge in [-0.2, -0.15) is 0 Å². The van der Waals surface area contributed by atoms with E-state index in [1.54, 1.807) is 13.4 Å². The zero-order valence-corrected chi connectivity index (χ0v) is 14.5. The van der Waals surface area contributed by atoms with Gasteiger partial charge in [-0.15, -0.1) is 0 Å². The summed E-state index contributed by atoms with van der Waals surface area (Å²) < 4.78 is 4.34. The molecule has 2 atom stereocenters. The molecule has 3 heterocycles. The Kier molecular flexibility index (Phi) is 4.60. The van der Waals surface area contributed by atoms with Gasteiger partial charge < -0.3 is 14.6 Å². The maximum atomic E-state index is 12.4. The predicted molar refractivity (Wildman–Crippen MR) is 91.1 cm³/mol. The highest BCUT2D eigenvalue weighted by atomic mass is 16.3. The third-order valence-corrected chi connectivity index (χ3v) is 5.10. The van der Waals surface area contributed by atoms with E-state index in [0.29, 0.717) is 23.6 Å². The molecule has 0 radical (unpaired) electrons. The number of piperidine rings is 1. The number of likely N-dealkylation sites (tertiary alicyclic amines) is 1. The summed E-state index contributed by atoms with van der Waals surface area (Å²) in [5.41, 5.74) is 0.201. The molecule has 132 valence electrons. The van der Waals surface area contributed by atoms with E-state index in [0.717, 1.165) is 37.0 Å². The molecule has 2 aromatic heterocycles. The van der Waals surface area contributed by atoms with Crippen LogP contribution in [0.5, 0.6) is 0 Å². The molecule has 1 saturated heterocycles. The van der Waals surface area contributed by atoms with Gasteiger partial charge in [0.05, 0.1) is 12.4 Å². The molecule has 0 spiro atoms. The Labute approximate surface area is 139 Å². The lowest BCUT2D eigenvalue weighted by atomic mass is 9.93. The Hall–Kier alpha value is -1.93. The summed E-state index contributed by atoms with van der Waals surface area (Å²) in [5.74, 6) is 0.312. The monoisotopic (exact) mass is 335 g/mol. The molecule has 2 aromatic rings. The lowest BCUT2D eigenvalue weighted by Crippen LogP contribution is -2.41. The Morgan fingerprint density at radius 3 is 2.75 bits per heavy atom. The van der Waals surface area contributed by atoms with Gasteiger partial charge in [0, 0.05) is 33.7 Å². The maximum Gasteiger partial charge on any atom is 0.332 e. The van der Waals surface area contributed by atoms with Crippen LogP contribution < -0.4 is 11.2 Å². The Morgan fingerprint density at radius 2 is 2.04 bits per heavy atom. The molecule has 8 nitrogen and oxygen atoms in total. The van der Waals surface area contributed by atoms with Crippen LogP contribution in [0.2, 0.25) is 0 Å². The van der Waals surface area contributed by atoms with Crippen molar-refractivity contribution in [3.05, 3.63) is 27.2 Å². The number of hydrogen-bond donors (Lipinski definition) is 1. The predicted octanol–water partition coefficient (Wildman–Crippen LogP) is -0.473. The fourth-order valence-electron chi connectivity index (χ4n) is 3.50. The molecule has 0 amide bonds. The van der Waals surface area contributed by atoms with Crippen LogP contribution in [0.4, 0.5) is 0 Å². The highest BCUT2D eigenvalue weighted by molar-refractivity contribution is 5.69. The van der Waals surface area contributed by atoms with Crippen molar-refractivity contribution in [2.24, 2.45) is 20.0 Å². The normalized spacial score (nSPS) is 20.6. The van der Waals surface area contributed by atoms with Gasteiger partial charge in [-0.05, 0) is 32.2 Å². The molecule has 2 unspecified atom stereocenters. The first-order chi connectivity index (χ1) is 11.4. The summed E-state index contributed by atoms with van der Waals surface area (Å²) in [6.45, 7) is 5.16. The molecular weight excluding hydrogens is 310 g/mol. The minimum absolute atomic E-state index is 0.288. The summed E-state index contributed by atoms with van der Waals surface area (Å²) in [7, 11) is 3.11. The zero-order chi connectivity index (χ0) is 17.4. The first-order valence-electron chi connectivity index (χ1n) is 8.41. The summed E-state index contributed by atoms with van der Waals surface area (Å²) in [6, 6.07) is 0. The van der Waals surface area contributed by atoms with Gasteiger partial charge in [0.25, 0.3) is 5.56 Å². The number of aryl methyl sites for hydroxylation is 1. The van der Waals surface area contributed by atoms with E-state index in [2.05, 4.69) is 9.88 Å². The number of hydrogen-bond acceptors (Lipinski definition) is 5. The Balaban J connectivity index is 1.82. The van der Waals surface area contributed by atoms with E-state index in [-0.39, 0.29) is 17.4 Å². The average molecular weight is 335 g/mol. The number of aliphatic hydroxyl groups is 1. The average Bonchev–Trinajstić information content (AvgIpc) is 3.00. The fraction of sp³-hybridized carbons (Fsp3) is 0.688. The molecule has 0 bridgehead atoms. The maximum absolute atomic E-state index is 12.4. The van der Waals surface area contributed by atoms with Crippen LogP contribution in [0.3, 0.4) is 0 Å². The quantitative estimate of drug-likeness (QED) is 0.816. The largest absolute Gasteiger partial charge is 0.393 e. The molecule has 8 heteroatoms. The van der Waals surface area contributed by atoms with E-state index in [9.17, 15) is 14.7 Å². The van der Waals surface area contributed by atoms with E-state index in [4.69, 9.17) is 0 Å². The van der Waals surface area contributed by atoms with Crippen molar-refractivity contribution in [2.75, 3.05) is 19.6 Å². The Morgan fingerprint density at radius 1 is 1.29 bits per heavy atom. The molecule has 3 rings (SSSR count). The second kappa shape index (κ2) is 6.52. The van der Waals surface area contributed by atoms with Crippen molar-refractivity contribution in [1.29, 1.82) is 0 Å². The zero-order valence-electron chi connectivity index (χ0n) is 14.5. The van der Waals surface area contributed by atoms with Gasteiger partial charge in [0.2, 0.25) is 0 Å². The van der Waals surface area contributed by atoms with E-state index < -0.39 is 0 Å². The molecule has 1 fully saturated rings. The van der Waals surface area contributed by atoms with Crippen LogP contribution in [0.1, 0.15) is 19.8 Å². The van der Waals surface area contributed by atoms with Crippen molar-refractivity contribution < 1.29 is 5.11 Å². The molecule has 24 heavy (non-hydrogen) atoms. The Bertz CT molecular complexity index is 848. The number of aliphatic hydroxyl groups excluding tert-OH is 1. The summed E-state index contributed by atoms with van der Waals surface area (Å²) >= 11 is 0. The molecule has 1 aliphatic heterocycles. The van der Waals surface area contributed by atoms with Crippen molar-refractivity contribution in [3.8, 4) is 0 Å².